The van der Waals surface area contributed by atoms with Gasteiger partial charge in [-0.2, -0.15) is 5.26 Å². The van der Waals surface area contributed by atoms with Gasteiger partial charge in [0.25, 0.3) is 10.0 Å². The van der Waals surface area contributed by atoms with E-state index in [0.29, 0.717) is 17.1 Å². The van der Waals surface area contributed by atoms with Crippen molar-refractivity contribution in [3.63, 3.8) is 0 Å². The molecule has 0 bridgehead atoms. The Bertz CT molecular complexity index is 1140. The Balaban J connectivity index is 1.81. The number of nitrogens with one attached hydrogen (secondary N) is 2. The van der Waals surface area contributed by atoms with Gasteiger partial charge in [-0.25, -0.2) is 8.42 Å². The molecule has 2 aromatic carbocycles. The van der Waals surface area contributed by atoms with Crippen LogP contribution in [0.1, 0.15) is 11.1 Å². The molecule has 0 aliphatic carbocycles. The number of rotatable bonds is 6. The van der Waals surface area contributed by atoms with Crippen molar-refractivity contribution in [3.8, 4) is 11.8 Å². The fourth-order valence-corrected chi connectivity index (χ4v) is 3.72. The molecule has 0 unspecified atom stereocenters. The second-order valence-corrected chi connectivity index (χ2v) is 7.50. The fourth-order valence-electron chi connectivity index (χ4n) is 2.47. The zero-order valence-electron chi connectivity index (χ0n) is 15.2. The number of aromatic nitrogens is 2. The largest absolute Gasteiger partial charge is 0.495 e. The van der Waals surface area contributed by atoms with Gasteiger partial charge in [0.05, 0.1) is 18.4 Å². The van der Waals surface area contributed by atoms with Gasteiger partial charge in [0, 0.05) is 0 Å². The summed E-state index contributed by atoms with van der Waals surface area (Å²) >= 11 is 0. The SMILES string of the molecule is COc1ccc(C)cc1S(=O)(=O)Nc1ccc(Nc2ccccc2C#N)nn1. The van der Waals surface area contributed by atoms with E-state index in [0.717, 1.165) is 5.56 Å². The van der Waals surface area contributed by atoms with E-state index >= 15 is 0 Å². The van der Waals surface area contributed by atoms with Crippen molar-refractivity contribution in [1.29, 1.82) is 5.26 Å². The van der Waals surface area contributed by atoms with Gasteiger partial charge in [-0.15, -0.1) is 10.2 Å². The number of ether oxygens (including phenoxy) is 1. The van der Waals surface area contributed by atoms with Crippen LogP contribution in [0.15, 0.2) is 59.5 Å². The fraction of sp³-hybridized carbons (Fsp3) is 0.105. The minimum absolute atomic E-state index is 0.0157. The molecule has 0 atom stereocenters. The number of hydrogen-bond donors (Lipinski definition) is 2. The first kappa shape index (κ1) is 19.1. The summed E-state index contributed by atoms with van der Waals surface area (Å²) in [4.78, 5) is 0.0157. The highest BCUT2D eigenvalue weighted by molar-refractivity contribution is 7.92. The van der Waals surface area contributed by atoms with E-state index in [2.05, 4.69) is 26.3 Å². The van der Waals surface area contributed by atoms with Crippen molar-refractivity contribution in [2.45, 2.75) is 11.8 Å². The third kappa shape index (κ3) is 4.19. The van der Waals surface area contributed by atoms with Crippen LogP contribution in [0.4, 0.5) is 17.3 Å². The Morgan fingerprint density at radius 3 is 2.43 bits per heavy atom. The van der Waals surface area contributed by atoms with Crippen LogP contribution in [0, 0.1) is 18.3 Å². The van der Waals surface area contributed by atoms with E-state index in [1.807, 2.05) is 0 Å². The zero-order chi connectivity index (χ0) is 20.1. The average Bonchev–Trinajstić information content (AvgIpc) is 2.69. The minimum Gasteiger partial charge on any atom is -0.495 e. The molecule has 0 fully saturated rings. The van der Waals surface area contributed by atoms with Gasteiger partial charge >= 0.3 is 0 Å². The summed E-state index contributed by atoms with van der Waals surface area (Å²) in [7, 11) is -2.50. The maximum Gasteiger partial charge on any atom is 0.266 e. The first-order valence-electron chi connectivity index (χ1n) is 8.20. The lowest BCUT2D eigenvalue weighted by atomic mass is 10.2. The van der Waals surface area contributed by atoms with E-state index in [1.165, 1.54) is 19.2 Å². The Labute approximate surface area is 162 Å². The smallest absolute Gasteiger partial charge is 0.266 e. The number of methoxy groups -OCH3 is 1. The molecule has 142 valence electrons. The minimum atomic E-state index is -3.90. The lowest BCUT2D eigenvalue weighted by Crippen LogP contribution is -2.15. The summed E-state index contributed by atoms with van der Waals surface area (Å²) in [6, 6.07) is 16.9. The number of sulfonamides is 1. The molecular formula is C19H17N5O3S. The number of benzene rings is 2. The van der Waals surface area contributed by atoms with Crippen LogP contribution in [0.5, 0.6) is 5.75 Å². The van der Waals surface area contributed by atoms with Gasteiger partial charge in [-0.1, -0.05) is 18.2 Å². The molecule has 28 heavy (non-hydrogen) atoms. The average molecular weight is 395 g/mol. The predicted octanol–water partition coefficient (Wildman–Crippen LogP) is 3.21. The molecular weight excluding hydrogens is 378 g/mol. The van der Waals surface area contributed by atoms with Crippen molar-refractivity contribution in [2.24, 2.45) is 0 Å². The number of hydrogen-bond acceptors (Lipinski definition) is 7. The molecule has 0 radical (unpaired) electrons. The molecule has 1 aromatic heterocycles. The van der Waals surface area contributed by atoms with Gasteiger partial charge in [0.15, 0.2) is 11.6 Å². The summed E-state index contributed by atoms with van der Waals surface area (Å²) in [5, 5.41) is 20.0. The third-order valence-corrected chi connectivity index (χ3v) is 5.20. The molecule has 0 aliphatic rings. The lowest BCUT2D eigenvalue weighted by molar-refractivity contribution is 0.402. The Morgan fingerprint density at radius 1 is 1.04 bits per heavy atom. The van der Waals surface area contributed by atoms with Crippen LogP contribution in [0.3, 0.4) is 0 Å². The van der Waals surface area contributed by atoms with Crippen molar-refractivity contribution in [3.05, 3.63) is 65.7 Å². The molecule has 0 aliphatic heterocycles. The number of nitrogens with zero attached hydrogens (tertiary/aromatic N) is 3. The highest BCUT2D eigenvalue weighted by Gasteiger charge is 2.20. The van der Waals surface area contributed by atoms with Gasteiger partial charge in [0.1, 0.15) is 16.7 Å². The standard InChI is InChI=1S/C19H17N5O3S/c1-13-7-8-16(27-2)17(11-13)28(25,26)24-19-10-9-18(22-23-19)21-15-6-4-3-5-14(15)12-20/h3-11H,1-2H3,(H,21,22)(H,23,24). The molecule has 2 N–H and O–H groups in total. The van der Waals surface area contributed by atoms with Crippen LogP contribution < -0.4 is 14.8 Å². The molecule has 0 amide bonds. The summed E-state index contributed by atoms with van der Waals surface area (Å²) in [6.45, 7) is 1.79. The van der Waals surface area contributed by atoms with Crippen LogP contribution >= 0.6 is 0 Å². The Morgan fingerprint density at radius 2 is 1.75 bits per heavy atom. The number of anilines is 3. The van der Waals surface area contributed by atoms with E-state index in [-0.39, 0.29) is 16.5 Å². The van der Waals surface area contributed by atoms with Crippen LogP contribution in [-0.4, -0.2) is 25.7 Å². The topological polar surface area (TPSA) is 117 Å². The number of nitriles is 1. The molecule has 3 rings (SSSR count). The van der Waals surface area contributed by atoms with Crippen molar-refractivity contribution >= 4 is 27.3 Å². The summed E-state index contributed by atoms with van der Waals surface area (Å²) in [6.07, 6.45) is 0. The van der Waals surface area contributed by atoms with E-state index in [9.17, 15) is 8.42 Å². The first-order valence-corrected chi connectivity index (χ1v) is 9.68. The molecule has 9 heteroatoms. The highest BCUT2D eigenvalue weighted by atomic mass is 32.2. The maximum absolute atomic E-state index is 12.7. The van der Waals surface area contributed by atoms with Crippen molar-refractivity contribution in [2.75, 3.05) is 17.1 Å². The Hall–Kier alpha value is -3.64. The second kappa shape index (κ2) is 7.94. The third-order valence-electron chi connectivity index (χ3n) is 3.82. The molecule has 8 nitrogen and oxygen atoms in total. The predicted molar refractivity (Wildman–Crippen MR) is 105 cm³/mol. The monoisotopic (exact) mass is 395 g/mol. The van der Waals surface area contributed by atoms with Crippen molar-refractivity contribution < 1.29 is 13.2 Å². The molecule has 1 heterocycles. The van der Waals surface area contributed by atoms with Gasteiger partial charge in [0.2, 0.25) is 0 Å². The van der Waals surface area contributed by atoms with Crippen molar-refractivity contribution in [1.82, 2.24) is 10.2 Å². The molecule has 0 spiro atoms. The maximum atomic E-state index is 12.7. The van der Waals surface area contributed by atoms with Crippen LogP contribution in [0.2, 0.25) is 0 Å². The molecule has 3 aromatic rings. The molecule has 0 saturated heterocycles. The summed E-state index contributed by atoms with van der Waals surface area (Å²) in [5.41, 5.74) is 1.82. The van der Waals surface area contributed by atoms with Crippen LogP contribution in [-0.2, 0) is 10.0 Å². The number of para-hydroxylation sites is 1. The lowest BCUT2D eigenvalue weighted by Gasteiger charge is -2.12. The first-order chi connectivity index (χ1) is 13.4. The van der Waals surface area contributed by atoms with E-state index in [1.54, 1.807) is 49.4 Å². The summed E-state index contributed by atoms with van der Waals surface area (Å²) in [5.74, 6) is 0.666. The highest BCUT2D eigenvalue weighted by Crippen LogP contribution is 2.26. The zero-order valence-corrected chi connectivity index (χ0v) is 16.0. The number of aryl methyl sites for hydroxylation is 1. The normalized spacial score (nSPS) is 10.8. The van der Waals surface area contributed by atoms with Crippen LogP contribution in [0.25, 0.3) is 0 Å². The quantitative estimate of drug-likeness (QED) is 0.658. The van der Waals surface area contributed by atoms with E-state index in [4.69, 9.17) is 10.00 Å². The summed E-state index contributed by atoms with van der Waals surface area (Å²) < 4.78 is 32.9. The second-order valence-electron chi connectivity index (χ2n) is 5.85. The molecule has 0 saturated carbocycles. The van der Waals surface area contributed by atoms with Gasteiger partial charge < -0.3 is 10.1 Å². The van der Waals surface area contributed by atoms with Gasteiger partial charge in [-0.05, 0) is 48.9 Å². The Kier molecular flexibility index (Phi) is 5.42. The van der Waals surface area contributed by atoms with E-state index < -0.39 is 10.0 Å². The van der Waals surface area contributed by atoms with Gasteiger partial charge in [-0.3, -0.25) is 4.72 Å².